The minimum Gasteiger partial charge on any atom is -0.481 e. The molecule has 1 aliphatic heterocycles. The topological polar surface area (TPSA) is 307 Å². The first-order chi connectivity index (χ1) is 47.8. The number of carboxylic acids is 1. The second-order valence-corrected chi connectivity index (χ2v) is 33.4. The third-order valence-electron chi connectivity index (χ3n) is 21.4. The van der Waals surface area contributed by atoms with Crippen LogP contribution >= 0.6 is 0 Å². The third kappa shape index (κ3) is 20.1. The maximum Gasteiger partial charge on any atom is 0.311 e. The van der Waals surface area contributed by atoms with Crippen LogP contribution in [0.5, 0.6) is 0 Å². The fourth-order valence-electron chi connectivity index (χ4n) is 13.7. The van der Waals surface area contributed by atoms with E-state index >= 15 is 0 Å². The molecule has 3 aliphatic carbocycles. The number of H-pyrrole nitrogens is 3. The monoisotopic (exact) mass is 1690 g/mol. The Morgan fingerprint density at radius 3 is 1.08 bits per heavy atom. The van der Waals surface area contributed by atoms with E-state index in [4.69, 9.17) is 29.2 Å². The van der Waals surface area contributed by atoms with Crippen molar-refractivity contribution in [3.63, 3.8) is 0 Å². The number of nitrogens with one attached hydrogen (secondary N) is 5. The molecule has 13 N–H and O–H groups in total. The van der Waals surface area contributed by atoms with Crippen molar-refractivity contribution in [1.82, 2.24) is 40.5 Å². The Morgan fingerprint density at radius 2 is 0.784 bits per heavy atom. The molecule has 4 aliphatic rings. The van der Waals surface area contributed by atoms with E-state index in [2.05, 4.69) is 216 Å². The number of hydrogen-bond donors (Lipinski definition) is 11. The summed E-state index contributed by atoms with van der Waals surface area (Å²) >= 11 is 0. The average Bonchev–Trinajstić information content (AvgIpc) is 1.53. The van der Waals surface area contributed by atoms with Gasteiger partial charge in [0.15, 0.2) is 0 Å². The zero-order valence-corrected chi connectivity index (χ0v) is 69.9. The number of aromatic amines is 3. The largest absolute Gasteiger partial charge is 0.481 e. The molecule has 21 heteroatoms. The Kier molecular flexibility index (Phi) is 27.9. The summed E-state index contributed by atoms with van der Waals surface area (Å²) in [6, 6.07) is 33.0. The van der Waals surface area contributed by atoms with Crippen LogP contribution in [0.15, 0.2) is 127 Å². The SMILES string of the molecule is CC(C)(C)[C@H](N)C1=NC=C(c2ccc(-c3ccc(-c4cnc([C@@H](N)C(C)(C)C)[nH]4)cc3)cc2)C1.CC1(C(=O)N[C@H](c2ncc(-c3ccc(-c4ccc(-c5cnc([C@@H](NC(=O)C6(C)CCCCC6O)C(C)(C)C)[nH]5)cc4)cc3)[nH]2)C(C)(C)C)CCCCC1O.CC1(C(=O)O)CCCCC1O.[3H][B][3H].[U].[Y]. The molecular formula is C81H113BN11O7UY. The molecule has 0 saturated heterocycles. The molecule has 3 aromatic heterocycles. The second-order valence-electron chi connectivity index (χ2n) is 33.4. The molecule has 544 valence electrons. The van der Waals surface area contributed by atoms with Gasteiger partial charge >= 0.3 is 5.97 Å². The van der Waals surface area contributed by atoms with E-state index in [1.165, 1.54) is 22.3 Å². The number of nitrogens with two attached hydrogens (primary N) is 2. The summed E-state index contributed by atoms with van der Waals surface area (Å²) in [6.45, 7) is 30.7. The minimum absolute atomic E-state index is 0. The van der Waals surface area contributed by atoms with Crippen molar-refractivity contribution in [3.05, 3.63) is 145 Å². The molecule has 18 nitrogen and oxygen atoms in total. The Balaban J connectivity index is 0.000000288. The Hall–Kier alpha value is -5.65. The van der Waals surface area contributed by atoms with Gasteiger partial charge in [-0.3, -0.25) is 19.4 Å². The number of hydrogen-bond acceptors (Lipinski definition) is 12. The third-order valence-corrected chi connectivity index (χ3v) is 21.4. The van der Waals surface area contributed by atoms with Gasteiger partial charge in [0.25, 0.3) is 0 Å². The summed E-state index contributed by atoms with van der Waals surface area (Å²) in [6.07, 6.45) is 15.8. The quantitative estimate of drug-likeness (QED) is 0.0427. The molecule has 2 radical (unpaired) electrons. The fraction of sp³-hybridized carbons (Fsp3) is 0.519. The Bertz CT molecular complexity index is 3870. The zero-order valence-electron chi connectivity index (χ0n) is 64.9. The Labute approximate surface area is 659 Å². The van der Waals surface area contributed by atoms with E-state index in [1.807, 2.05) is 38.6 Å². The van der Waals surface area contributed by atoms with Crippen LogP contribution in [-0.2, 0) is 47.1 Å². The number of aliphatic hydroxyl groups excluding tert-OH is 3. The predicted molar refractivity (Wildman–Crippen MR) is 405 cm³/mol. The second kappa shape index (κ2) is 34.7. The first kappa shape index (κ1) is 82.0. The molecular weight excluding hydrogens is 1580 g/mol. The van der Waals surface area contributed by atoms with Crippen LogP contribution in [0.4, 0.5) is 0 Å². The molecule has 2 amide bonds. The molecule has 0 spiro atoms. The van der Waals surface area contributed by atoms with Gasteiger partial charge in [-0.15, -0.1) is 0 Å². The summed E-state index contributed by atoms with van der Waals surface area (Å²) in [7, 11) is 0.500. The molecule has 102 heavy (non-hydrogen) atoms. The van der Waals surface area contributed by atoms with Gasteiger partial charge in [0.1, 0.15) is 17.5 Å². The van der Waals surface area contributed by atoms with Gasteiger partial charge in [0, 0.05) is 88.2 Å². The smallest absolute Gasteiger partial charge is 0.311 e. The number of rotatable bonds is 15. The maximum atomic E-state index is 13.5. The van der Waals surface area contributed by atoms with Crippen molar-refractivity contribution in [2.45, 2.75) is 230 Å². The standard InChI is InChI=1S/C44H60N6O4.C29H37N5.C8H14O3.BH2.U.Y/c1-41(2,3)35(49-39(53)43(7)23-11-9-13-33(43)51)37-45-25-31(47-37)29-19-15-27(16-20-29)28-17-21-30(22-18-28)32-26-46-38(48-32)36(42(4,5)6)50-40(54)44(8)24-12-10-14-34(44)52;1-28(2,3)25(30)23-15-22(16-32-23)20-9-7-18(8-10-20)19-11-13-21(14-12-19)24-17-33-27(34-24)26(31)29(4,5)6;1-8(7(10)11)5-3-2-4-6(8)9;;;/h15-22,25-26,33-36,51-52H,9-14,23-24H2,1-8H3,(H,45,47)(H,46,48)(H,49,53)(H,50,54);7-14,16-17,25-26H,15,30-31H2,1-6H3,(H,33,34);6,9H,2-5H2,1H3,(H,10,11);1H2;;/t33?,34?,35-,36-,43?,44?;25-,26-;;;;/m11..../s1/i;;;1T2;;. The summed E-state index contributed by atoms with van der Waals surface area (Å²) in [5.41, 5.74) is 23.4. The summed E-state index contributed by atoms with van der Waals surface area (Å²) < 4.78 is 11.5. The first-order valence-corrected chi connectivity index (χ1v) is 35.6. The summed E-state index contributed by atoms with van der Waals surface area (Å²) in [5, 5.41) is 46.1. The van der Waals surface area contributed by atoms with Gasteiger partial charge in [-0.2, -0.15) is 0 Å². The van der Waals surface area contributed by atoms with Crippen LogP contribution in [-0.4, -0.2) is 109 Å². The number of imidazole rings is 3. The minimum atomic E-state index is -0.891. The first-order valence-electron chi connectivity index (χ1n) is 36.8. The fourth-order valence-corrected chi connectivity index (χ4v) is 13.7. The number of amides is 2. The molecule has 10 atom stereocenters. The van der Waals surface area contributed by atoms with Gasteiger partial charge in [0.2, 0.25) is 11.8 Å². The number of aliphatic carboxylic acids is 1. The van der Waals surface area contributed by atoms with Gasteiger partial charge in [0.05, 0.1) is 96.7 Å². The van der Waals surface area contributed by atoms with Crippen molar-refractivity contribution in [3.8, 4) is 56.0 Å². The molecule has 7 aromatic rings. The molecule has 11 rings (SSSR count). The van der Waals surface area contributed by atoms with Gasteiger partial charge in [-0.25, -0.2) is 15.0 Å². The van der Waals surface area contributed by atoms with Crippen molar-refractivity contribution in [2.75, 3.05) is 0 Å². The van der Waals surface area contributed by atoms with E-state index in [1.54, 1.807) is 6.92 Å². The van der Waals surface area contributed by atoms with Crippen LogP contribution in [0.3, 0.4) is 0 Å². The van der Waals surface area contributed by atoms with Crippen molar-refractivity contribution >= 4 is 37.4 Å². The van der Waals surface area contributed by atoms with E-state index in [0.29, 0.717) is 58.5 Å². The summed E-state index contributed by atoms with van der Waals surface area (Å²) in [5.74, 6) is 1.08. The number of carbonyl (C=O) groups is 3. The molecule has 3 saturated carbocycles. The van der Waals surface area contributed by atoms with Crippen LogP contribution in [0.25, 0.3) is 61.6 Å². The predicted octanol–water partition coefficient (Wildman–Crippen LogP) is 14.9. The van der Waals surface area contributed by atoms with Crippen molar-refractivity contribution in [1.29, 1.82) is 2.67 Å². The van der Waals surface area contributed by atoms with Crippen molar-refractivity contribution in [2.24, 2.45) is 54.4 Å². The van der Waals surface area contributed by atoms with Crippen LogP contribution in [0, 0.1) is 69.0 Å². The van der Waals surface area contributed by atoms with Crippen molar-refractivity contribution < 1.29 is 98.6 Å². The number of aliphatic imine (C=N–C) groups is 1. The molecule has 4 aromatic carbocycles. The molecule has 0 bridgehead atoms. The number of aliphatic hydroxyl groups is 3. The average molecular weight is 1690 g/mol. The van der Waals surface area contributed by atoms with Crippen LogP contribution in [0.2, 0.25) is 0 Å². The number of nitrogens with zero attached hydrogens (tertiary/aromatic N) is 4. The van der Waals surface area contributed by atoms with E-state index in [0.717, 1.165) is 101 Å². The van der Waals surface area contributed by atoms with Crippen LogP contribution in [0.1, 0.15) is 228 Å². The van der Waals surface area contributed by atoms with E-state index in [9.17, 15) is 29.7 Å². The van der Waals surface area contributed by atoms with Gasteiger partial charge in [-0.1, -0.05) is 219 Å². The molecule has 6 unspecified atom stereocenters. The maximum absolute atomic E-state index is 13.5. The Morgan fingerprint density at radius 1 is 0.490 bits per heavy atom. The van der Waals surface area contributed by atoms with E-state index in [-0.39, 0.29) is 121 Å². The summed E-state index contributed by atoms with van der Waals surface area (Å²) in [4.78, 5) is 66.7. The number of carbonyl (C=O) groups excluding carboxylic acids is 2. The zero-order chi connectivity index (χ0) is 74.9. The molecule has 3 fully saturated rings. The number of benzene rings is 4. The van der Waals surface area contributed by atoms with Gasteiger partial charge in [-0.05, 0) is 134 Å². The van der Waals surface area contributed by atoms with Gasteiger partial charge < -0.3 is 57.5 Å². The number of allylic oxidation sites excluding steroid dienone is 1. The normalized spacial score (nSPS) is 22.8. The number of aromatic nitrogens is 6. The van der Waals surface area contributed by atoms with Crippen LogP contribution < -0.4 is 22.1 Å². The van der Waals surface area contributed by atoms with E-state index < -0.39 is 40.5 Å². The number of carboxylic acid groups (broad SMARTS) is 1. The molecule has 4 heterocycles.